The number of hydrazine groups is 1. The summed E-state index contributed by atoms with van der Waals surface area (Å²) >= 11 is 0. The number of amides is 2. The summed E-state index contributed by atoms with van der Waals surface area (Å²) in [6.07, 6.45) is 1.55. The lowest BCUT2D eigenvalue weighted by molar-refractivity contribution is -0.385. The Morgan fingerprint density at radius 3 is 2.40 bits per heavy atom. The number of para-hydroxylation sites is 1. The number of hydrogen-bond donors (Lipinski definition) is 3. The van der Waals surface area contributed by atoms with E-state index < -0.39 is 16.7 Å². The molecule has 0 atom stereocenters. The van der Waals surface area contributed by atoms with Crippen LogP contribution < -0.4 is 10.9 Å². The number of nitro benzene ring substituents is 1. The number of hydrogen-bond acceptors (Lipinski definition) is 4. The van der Waals surface area contributed by atoms with E-state index in [-0.39, 0.29) is 16.9 Å². The van der Waals surface area contributed by atoms with Gasteiger partial charge in [0.25, 0.3) is 17.5 Å². The third kappa shape index (κ3) is 2.80. The highest BCUT2D eigenvalue weighted by Crippen LogP contribution is 2.16. The summed E-state index contributed by atoms with van der Waals surface area (Å²) in [5.74, 6) is -1.32. The lowest BCUT2D eigenvalue weighted by atomic mass is 10.2. The number of benzene rings is 1. The summed E-state index contributed by atoms with van der Waals surface area (Å²) in [5.41, 5.74) is 4.06. The third-order valence-electron chi connectivity index (χ3n) is 2.48. The summed E-state index contributed by atoms with van der Waals surface area (Å²) in [5, 5.41) is 10.8. The first-order valence-corrected chi connectivity index (χ1v) is 5.57. The van der Waals surface area contributed by atoms with Crippen molar-refractivity contribution in [3.05, 3.63) is 64.0 Å². The number of nitrogens with zero attached hydrogens (tertiary/aromatic N) is 1. The molecule has 20 heavy (non-hydrogen) atoms. The Morgan fingerprint density at radius 1 is 1.05 bits per heavy atom. The van der Waals surface area contributed by atoms with Gasteiger partial charge in [0, 0.05) is 12.3 Å². The minimum Gasteiger partial charge on any atom is -0.357 e. The topological polar surface area (TPSA) is 117 Å². The lowest BCUT2D eigenvalue weighted by Crippen LogP contribution is -2.41. The van der Waals surface area contributed by atoms with Crippen LogP contribution in [0.3, 0.4) is 0 Å². The van der Waals surface area contributed by atoms with Gasteiger partial charge in [0.05, 0.1) is 4.92 Å². The van der Waals surface area contributed by atoms with E-state index in [1.54, 1.807) is 12.3 Å². The summed E-state index contributed by atoms with van der Waals surface area (Å²) in [4.78, 5) is 36.2. The van der Waals surface area contributed by atoms with Crippen LogP contribution in [0.25, 0.3) is 0 Å². The number of aromatic amines is 1. The van der Waals surface area contributed by atoms with Crippen molar-refractivity contribution in [1.82, 2.24) is 15.8 Å². The first-order chi connectivity index (χ1) is 9.59. The largest absolute Gasteiger partial charge is 0.357 e. The van der Waals surface area contributed by atoms with Crippen LogP contribution in [0.5, 0.6) is 0 Å². The molecule has 102 valence electrons. The van der Waals surface area contributed by atoms with Gasteiger partial charge in [-0.2, -0.15) is 0 Å². The molecule has 1 aromatic heterocycles. The van der Waals surface area contributed by atoms with Crippen molar-refractivity contribution < 1.29 is 14.5 Å². The van der Waals surface area contributed by atoms with Crippen LogP contribution in [0.4, 0.5) is 5.69 Å². The average Bonchev–Trinajstić information content (AvgIpc) is 2.98. The molecule has 3 N–H and O–H groups in total. The minimum atomic E-state index is -0.766. The van der Waals surface area contributed by atoms with E-state index in [2.05, 4.69) is 15.8 Å². The number of nitrogens with one attached hydrogen (secondary N) is 3. The number of carbonyl (C=O) groups excluding carboxylic acids is 2. The van der Waals surface area contributed by atoms with Gasteiger partial charge in [0.2, 0.25) is 0 Å². The van der Waals surface area contributed by atoms with E-state index in [0.717, 1.165) is 0 Å². The zero-order chi connectivity index (χ0) is 14.5. The third-order valence-corrected chi connectivity index (χ3v) is 2.48. The van der Waals surface area contributed by atoms with Gasteiger partial charge in [-0.05, 0) is 18.2 Å². The van der Waals surface area contributed by atoms with Gasteiger partial charge in [0.15, 0.2) is 0 Å². The van der Waals surface area contributed by atoms with Crippen LogP contribution in [-0.2, 0) is 0 Å². The normalized spacial score (nSPS) is 9.80. The van der Waals surface area contributed by atoms with Gasteiger partial charge in [-0.25, -0.2) is 0 Å². The molecule has 2 aromatic rings. The minimum absolute atomic E-state index is 0.135. The van der Waals surface area contributed by atoms with Gasteiger partial charge in [0.1, 0.15) is 11.3 Å². The molecule has 0 saturated carbocycles. The molecule has 0 unspecified atom stereocenters. The molecule has 0 spiro atoms. The van der Waals surface area contributed by atoms with Gasteiger partial charge in [-0.1, -0.05) is 12.1 Å². The smallest absolute Gasteiger partial charge is 0.286 e. The number of carbonyl (C=O) groups is 2. The zero-order valence-electron chi connectivity index (χ0n) is 10.1. The van der Waals surface area contributed by atoms with Crippen LogP contribution in [-0.4, -0.2) is 21.7 Å². The fourth-order valence-electron chi connectivity index (χ4n) is 1.54. The van der Waals surface area contributed by atoms with E-state index in [9.17, 15) is 19.7 Å². The summed E-state index contributed by atoms with van der Waals surface area (Å²) in [6, 6.07) is 8.60. The Balaban J connectivity index is 2.06. The van der Waals surface area contributed by atoms with Gasteiger partial charge >= 0.3 is 0 Å². The highest BCUT2D eigenvalue weighted by Gasteiger charge is 2.19. The molecule has 0 bridgehead atoms. The number of H-pyrrole nitrogens is 1. The Hall–Kier alpha value is -3.16. The van der Waals surface area contributed by atoms with E-state index in [1.807, 2.05) is 0 Å². The second kappa shape index (κ2) is 5.65. The van der Waals surface area contributed by atoms with E-state index in [4.69, 9.17) is 0 Å². The maximum absolute atomic E-state index is 11.8. The van der Waals surface area contributed by atoms with Crippen molar-refractivity contribution in [1.29, 1.82) is 0 Å². The van der Waals surface area contributed by atoms with Crippen molar-refractivity contribution in [3.8, 4) is 0 Å². The summed E-state index contributed by atoms with van der Waals surface area (Å²) in [6.45, 7) is 0. The van der Waals surface area contributed by atoms with Gasteiger partial charge < -0.3 is 4.98 Å². The molecule has 8 nitrogen and oxygen atoms in total. The SMILES string of the molecule is O=C(NNC(=O)c1ccccc1[N+](=O)[O-])c1ccc[nH]1. The monoisotopic (exact) mass is 274 g/mol. The predicted octanol–water partition coefficient (Wildman–Crippen LogP) is 0.998. The first kappa shape index (κ1) is 13.3. The zero-order valence-corrected chi connectivity index (χ0v) is 10.1. The fraction of sp³-hybridized carbons (Fsp3) is 0. The molecule has 1 heterocycles. The van der Waals surface area contributed by atoms with Crippen LogP contribution in [0.1, 0.15) is 20.8 Å². The molecule has 2 amide bonds. The van der Waals surface area contributed by atoms with Crippen molar-refractivity contribution in [2.45, 2.75) is 0 Å². The summed E-state index contributed by atoms with van der Waals surface area (Å²) in [7, 11) is 0. The molecule has 2 rings (SSSR count). The second-order valence-corrected chi connectivity index (χ2v) is 3.77. The first-order valence-electron chi connectivity index (χ1n) is 5.57. The Labute approximate surface area is 112 Å². The lowest BCUT2D eigenvalue weighted by Gasteiger charge is -2.06. The average molecular weight is 274 g/mol. The molecule has 0 saturated heterocycles. The Kier molecular flexibility index (Phi) is 3.75. The van der Waals surface area contributed by atoms with Gasteiger partial charge in [-0.3, -0.25) is 30.6 Å². The molecule has 1 aromatic carbocycles. The molecule has 8 heteroatoms. The van der Waals surface area contributed by atoms with E-state index in [0.29, 0.717) is 0 Å². The van der Waals surface area contributed by atoms with Crippen LogP contribution in [0, 0.1) is 10.1 Å². The van der Waals surface area contributed by atoms with E-state index >= 15 is 0 Å². The molecule has 0 fully saturated rings. The molecule has 0 radical (unpaired) electrons. The summed E-state index contributed by atoms with van der Waals surface area (Å²) < 4.78 is 0. The highest BCUT2D eigenvalue weighted by atomic mass is 16.6. The highest BCUT2D eigenvalue weighted by molar-refractivity contribution is 6.00. The second-order valence-electron chi connectivity index (χ2n) is 3.77. The van der Waals surface area contributed by atoms with Crippen LogP contribution in [0.2, 0.25) is 0 Å². The maximum Gasteiger partial charge on any atom is 0.286 e. The van der Waals surface area contributed by atoms with Crippen LogP contribution >= 0.6 is 0 Å². The standard InChI is InChI=1S/C12H10N4O4/c17-11(8-4-1-2-6-10(8)16(19)20)14-15-12(18)9-5-3-7-13-9/h1-7,13H,(H,14,17)(H,15,18). The Morgan fingerprint density at radius 2 is 1.75 bits per heavy atom. The Bertz CT molecular complexity index is 651. The molecular weight excluding hydrogens is 264 g/mol. The quantitative estimate of drug-likeness (QED) is 0.571. The maximum atomic E-state index is 11.8. The van der Waals surface area contributed by atoms with Gasteiger partial charge in [-0.15, -0.1) is 0 Å². The number of nitro groups is 1. The van der Waals surface area contributed by atoms with Crippen molar-refractivity contribution in [3.63, 3.8) is 0 Å². The van der Waals surface area contributed by atoms with Crippen molar-refractivity contribution >= 4 is 17.5 Å². The molecule has 0 aliphatic heterocycles. The van der Waals surface area contributed by atoms with Crippen LogP contribution in [0.15, 0.2) is 42.6 Å². The molecule has 0 aliphatic carbocycles. The van der Waals surface area contributed by atoms with Crippen molar-refractivity contribution in [2.24, 2.45) is 0 Å². The number of rotatable bonds is 3. The fourth-order valence-corrected chi connectivity index (χ4v) is 1.54. The predicted molar refractivity (Wildman–Crippen MR) is 68.8 cm³/mol. The van der Waals surface area contributed by atoms with E-state index in [1.165, 1.54) is 30.3 Å². The van der Waals surface area contributed by atoms with Crippen molar-refractivity contribution in [2.75, 3.05) is 0 Å². The molecular formula is C12H10N4O4. The number of aromatic nitrogens is 1. The molecule has 0 aliphatic rings.